The van der Waals surface area contributed by atoms with Crippen LogP contribution in [0.1, 0.15) is 0 Å². The van der Waals surface area contributed by atoms with Gasteiger partial charge in [0.25, 0.3) is 0 Å². The predicted molar refractivity (Wildman–Crippen MR) is 61.9 cm³/mol. The molecule has 0 aromatic carbocycles. The third-order valence-corrected chi connectivity index (χ3v) is 9.64. The minimum Gasteiger partial charge on any atom is -0.428 e. The maximum atomic E-state index is 6.01. The van der Waals surface area contributed by atoms with E-state index in [0.717, 1.165) is 0 Å². The maximum absolute atomic E-state index is 6.01. The van der Waals surface area contributed by atoms with Crippen LogP contribution in [-0.4, -0.2) is 25.2 Å². The van der Waals surface area contributed by atoms with Crippen LogP contribution < -0.4 is 0 Å². The fraction of sp³-hybridized carbons (Fsp3) is 1.00. The Balaban J connectivity index is 3.83. The Kier molecular flexibility index (Phi) is 4.70. The highest BCUT2D eigenvalue weighted by molar-refractivity contribution is 7.05. The minimum absolute atomic E-state index is 1.49. The van der Waals surface area contributed by atoms with Crippen LogP contribution in [0.2, 0.25) is 39.3 Å². The highest BCUT2D eigenvalue weighted by Crippen LogP contribution is 2.13. The van der Waals surface area contributed by atoms with Crippen molar-refractivity contribution in [1.82, 2.24) is 0 Å². The van der Waals surface area contributed by atoms with E-state index >= 15 is 0 Å². The van der Waals surface area contributed by atoms with E-state index in [0.29, 0.717) is 0 Å². The zero-order chi connectivity index (χ0) is 9.99. The van der Waals surface area contributed by atoms with Gasteiger partial charge >= 0.3 is 8.59 Å². The van der Waals surface area contributed by atoms with Gasteiger partial charge in [-0.05, 0) is 39.3 Å². The van der Waals surface area contributed by atoms with Crippen molar-refractivity contribution in [3.8, 4) is 0 Å². The summed E-state index contributed by atoms with van der Waals surface area (Å²) in [5.41, 5.74) is 0. The van der Waals surface area contributed by atoms with Crippen molar-refractivity contribution in [2.45, 2.75) is 39.3 Å². The molecule has 0 aliphatic carbocycles. The first kappa shape index (κ1) is 12.9. The molecule has 0 N–H and O–H groups in total. The molecule has 0 unspecified atom stereocenters. The minimum atomic E-state index is -1.86. The van der Waals surface area contributed by atoms with Crippen molar-refractivity contribution < 1.29 is 8.23 Å². The zero-order valence-corrected chi connectivity index (χ0v) is 12.7. The van der Waals surface area contributed by atoms with Gasteiger partial charge in [0.05, 0.1) is 0 Å². The second kappa shape index (κ2) is 4.39. The summed E-state index contributed by atoms with van der Waals surface area (Å²) < 4.78 is 11.3. The molecule has 2 nitrogen and oxygen atoms in total. The van der Waals surface area contributed by atoms with E-state index in [9.17, 15) is 0 Å². The van der Waals surface area contributed by atoms with Crippen molar-refractivity contribution in [2.75, 3.05) is 0 Å². The summed E-state index contributed by atoms with van der Waals surface area (Å²) in [6, 6.07) is 0. The van der Waals surface area contributed by atoms with Crippen molar-refractivity contribution in [2.24, 2.45) is 0 Å². The Hall–Kier alpha value is 0.861. The van der Waals surface area contributed by atoms with E-state index in [-0.39, 0.29) is 0 Å². The largest absolute Gasteiger partial charge is 0.428 e. The molecule has 74 valence electrons. The van der Waals surface area contributed by atoms with Gasteiger partial charge in [-0.1, -0.05) is 0 Å². The molecule has 0 fully saturated rings. The van der Waals surface area contributed by atoms with E-state index in [1.165, 1.54) is 0 Å². The lowest BCUT2D eigenvalue weighted by Gasteiger charge is -2.26. The molecule has 0 spiro atoms. The Labute approximate surface area is 84.0 Å². The number of hydrogen-bond acceptors (Lipinski definition) is 2. The van der Waals surface area contributed by atoms with Gasteiger partial charge < -0.3 is 8.23 Å². The Morgan fingerprint density at radius 3 is 1.25 bits per heavy atom. The quantitative estimate of drug-likeness (QED) is 0.558. The smallest absolute Gasteiger partial charge is 0.405 e. The Morgan fingerprint density at radius 2 is 1.08 bits per heavy atom. The lowest BCUT2D eigenvalue weighted by atomic mass is 11.8. The standard InChI is InChI=1S/C6H19ClO2Si3/c1-11(2,3)8-10(7)9-12(4,5)6/h10H,1-6H3. The molecule has 12 heavy (non-hydrogen) atoms. The molecule has 0 aromatic heterocycles. The summed E-state index contributed by atoms with van der Waals surface area (Å²) >= 11 is 6.01. The van der Waals surface area contributed by atoms with Crippen LogP contribution in [0, 0.1) is 0 Å². The van der Waals surface area contributed by atoms with Gasteiger partial charge in [0.1, 0.15) is 0 Å². The van der Waals surface area contributed by atoms with Gasteiger partial charge in [-0.25, -0.2) is 0 Å². The van der Waals surface area contributed by atoms with Gasteiger partial charge in [-0.2, -0.15) is 0 Å². The first-order valence-corrected chi connectivity index (χ1v) is 13.6. The average Bonchev–Trinajstić information content (AvgIpc) is 1.49. The molecule has 0 heterocycles. The highest BCUT2D eigenvalue weighted by atomic mass is 35.6. The van der Waals surface area contributed by atoms with Crippen LogP contribution >= 0.6 is 11.1 Å². The second-order valence-corrected chi connectivity index (χ2v) is 16.7. The summed E-state index contributed by atoms with van der Waals surface area (Å²) in [7, 11) is -4.84. The Bertz CT molecular complexity index is 125. The lowest BCUT2D eigenvalue weighted by Crippen LogP contribution is -2.40. The summed E-state index contributed by atoms with van der Waals surface area (Å²) in [6.45, 7) is 12.8. The van der Waals surface area contributed by atoms with Gasteiger partial charge in [0, 0.05) is 0 Å². The SMILES string of the molecule is C[Si](C)(C)O[SiH](Cl)O[Si](C)(C)C. The van der Waals surface area contributed by atoms with Gasteiger partial charge in [-0.15, -0.1) is 11.1 Å². The third kappa shape index (κ3) is 8.95. The molecule has 0 amide bonds. The molecule has 0 bridgehead atoms. The zero-order valence-electron chi connectivity index (χ0n) is 8.77. The molecule has 0 atom stereocenters. The highest BCUT2D eigenvalue weighted by Gasteiger charge is 2.26. The summed E-state index contributed by atoms with van der Waals surface area (Å²) in [5, 5.41) is 0. The van der Waals surface area contributed by atoms with Crippen molar-refractivity contribution in [3.63, 3.8) is 0 Å². The maximum Gasteiger partial charge on any atom is 0.405 e. The number of hydrogen-bond donors (Lipinski definition) is 0. The van der Waals surface area contributed by atoms with Crippen LogP contribution in [0.3, 0.4) is 0 Å². The van der Waals surface area contributed by atoms with E-state index < -0.39 is 25.2 Å². The fourth-order valence-electron chi connectivity index (χ4n) is 0.580. The first-order chi connectivity index (χ1) is 5.10. The number of halogens is 1. The van der Waals surface area contributed by atoms with Crippen molar-refractivity contribution in [3.05, 3.63) is 0 Å². The monoisotopic (exact) mass is 242 g/mol. The van der Waals surface area contributed by atoms with Crippen molar-refractivity contribution in [1.29, 1.82) is 0 Å². The Morgan fingerprint density at radius 1 is 0.833 bits per heavy atom. The van der Waals surface area contributed by atoms with Crippen LogP contribution in [0.25, 0.3) is 0 Å². The fourth-order valence-corrected chi connectivity index (χ4v) is 10.5. The lowest BCUT2D eigenvalue weighted by molar-refractivity contribution is 0.445. The summed E-state index contributed by atoms with van der Waals surface area (Å²) in [4.78, 5) is 0. The first-order valence-electron chi connectivity index (χ1n) is 4.10. The molecule has 6 heteroatoms. The second-order valence-electron chi connectivity index (χ2n) is 4.73. The molecule has 0 aliphatic heterocycles. The van der Waals surface area contributed by atoms with Crippen LogP contribution in [0.5, 0.6) is 0 Å². The van der Waals surface area contributed by atoms with Gasteiger partial charge in [-0.3, -0.25) is 0 Å². The predicted octanol–water partition coefficient (Wildman–Crippen LogP) is 2.65. The number of rotatable bonds is 4. The molecule has 0 saturated carbocycles. The molecule has 0 saturated heterocycles. The van der Waals surface area contributed by atoms with E-state index in [1.54, 1.807) is 0 Å². The molecule has 0 radical (unpaired) electrons. The van der Waals surface area contributed by atoms with E-state index in [2.05, 4.69) is 39.3 Å². The van der Waals surface area contributed by atoms with E-state index in [4.69, 9.17) is 19.3 Å². The van der Waals surface area contributed by atoms with Crippen LogP contribution in [0.4, 0.5) is 0 Å². The van der Waals surface area contributed by atoms with E-state index in [1.807, 2.05) is 0 Å². The van der Waals surface area contributed by atoms with Gasteiger partial charge in [0.2, 0.25) is 0 Å². The third-order valence-electron chi connectivity index (χ3n) is 0.892. The summed E-state index contributed by atoms with van der Waals surface area (Å²) in [6.07, 6.45) is 0. The topological polar surface area (TPSA) is 18.5 Å². The molecular weight excluding hydrogens is 224 g/mol. The van der Waals surface area contributed by atoms with Crippen LogP contribution in [0.15, 0.2) is 0 Å². The van der Waals surface area contributed by atoms with Gasteiger partial charge in [0.15, 0.2) is 16.6 Å². The normalized spacial score (nSPS) is 14.0. The molecule has 0 rings (SSSR count). The van der Waals surface area contributed by atoms with Crippen LogP contribution in [-0.2, 0) is 8.23 Å². The molecule has 0 aromatic rings. The molecular formula is C6H19ClO2Si3. The molecule has 0 aliphatic rings. The average molecular weight is 243 g/mol. The summed E-state index contributed by atoms with van der Waals surface area (Å²) in [5.74, 6) is 0. The van der Waals surface area contributed by atoms with Crippen molar-refractivity contribution >= 4 is 36.3 Å².